The van der Waals surface area contributed by atoms with Crippen LogP contribution in [0.1, 0.15) is 39.5 Å². The Balaban J connectivity index is 1.61. The van der Waals surface area contributed by atoms with Crippen LogP contribution in [0.5, 0.6) is 0 Å². The van der Waals surface area contributed by atoms with E-state index in [9.17, 15) is 18.4 Å². The standard InChI is InChI=1S/C26H23F2N3O2/c1-17-11-13-18(14-12-17)24-15-23(19-7-3-5-9-21(19)27)29-31(24)25(32)16-30(2)26(33)20-8-4-6-10-22(20)28/h3-14,24H,15-16H2,1-2H3/t24-/m0/s1. The van der Waals surface area contributed by atoms with Gasteiger partial charge in [0.25, 0.3) is 11.8 Å². The Morgan fingerprint density at radius 2 is 1.61 bits per heavy atom. The van der Waals surface area contributed by atoms with Crippen LogP contribution < -0.4 is 0 Å². The average molecular weight is 447 g/mol. The van der Waals surface area contributed by atoms with E-state index in [4.69, 9.17) is 0 Å². The van der Waals surface area contributed by atoms with E-state index >= 15 is 0 Å². The fraction of sp³-hybridized carbons (Fsp3) is 0.192. The summed E-state index contributed by atoms with van der Waals surface area (Å²) in [6.07, 6.45) is 0.334. The van der Waals surface area contributed by atoms with Gasteiger partial charge in [-0.05, 0) is 30.7 Å². The van der Waals surface area contributed by atoms with Gasteiger partial charge in [0.2, 0.25) is 0 Å². The first-order valence-corrected chi connectivity index (χ1v) is 10.6. The quantitative estimate of drug-likeness (QED) is 0.568. The van der Waals surface area contributed by atoms with Crippen LogP contribution in [0.4, 0.5) is 8.78 Å². The first-order chi connectivity index (χ1) is 15.8. The Labute approximate surface area is 190 Å². The van der Waals surface area contributed by atoms with Gasteiger partial charge in [0, 0.05) is 19.0 Å². The van der Waals surface area contributed by atoms with Crippen LogP contribution in [0.2, 0.25) is 0 Å². The number of hydrogen-bond acceptors (Lipinski definition) is 3. The molecule has 0 saturated carbocycles. The summed E-state index contributed by atoms with van der Waals surface area (Å²) in [5, 5.41) is 5.75. The Morgan fingerprint density at radius 1 is 0.970 bits per heavy atom. The molecule has 0 fully saturated rings. The summed E-state index contributed by atoms with van der Waals surface area (Å²) in [6.45, 7) is 1.66. The fourth-order valence-corrected chi connectivity index (χ4v) is 3.83. The highest BCUT2D eigenvalue weighted by molar-refractivity contribution is 6.04. The molecule has 4 rings (SSSR count). The summed E-state index contributed by atoms with van der Waals surface area (Å²) in [6, 6.07) is 19.2. The van der Waals surface area contributed by atoms with Crippen molar-refractivity contribution in [3.8, 4) is 0 Å². The normalized spacial score (nSPS) is 15.3. The number of benzene rings is 3. The van der Waals surface area contributed by atoms with E-state index in [0.717, 1.165) is 16.0 Å². The second-order valence-electron chi connectivity index (χ2n) is 8.04. The Hall–Kier alpha value is -3.87. The third-order valence-corrected chi connectivity index (χ3v) is 5.64. The van der Waals surface area contributed by atoms with Gasteiger partial charge < -0.3 is 4.90 Å². The van der Waals surface area contributed by atoms with Gasteiger partial charge in [0.15, 0.2) is 0 Å². The SMILES string of the molecule is Cc1ccc([C@@H]2CC(c3ccccc3F)=NN2C(=O)CN(C)C(=O)c2ccccc2F)cc1. The van der Waals surface area contributed by atoms with Crippen molar-refractivity contribution >= 4 is 17.5 Å². The molecule has 0 bridgehead atoms. The fourth-order valence-electron chi connectivity index (χ4n) is 3.83. The Bertz CT molecular complexity index is 1220. The summed E-state index contributed by atoms with van der Waals surface area (Å²) in [4.78, 5) is 27.0. The number of nitrogens with zero attached hydrogens (tertiary/aromatic N) is 3. The number of aryl methyl sites for hydroxylation is 1. The van der Waals surface area contributed by atoms with Crippen molar-refractivity contribution in [1.82, 2.24) is 9.91 Å². The molecule has 0 unspecified atom stereocenters. The first-order valence-electron chi connectivity index (χ1n) is 10.6. The molecule has 0 N–H and O–H groups in total. The largest absolute Gasteiger partial charge is 0.332 e. The van der Waals surface area contributed by atoms with Crippen LogP contribution in [0.15, 0.2) is 77.9 Å². The molecule has 0 spiro atoms. The second-order valence-corrected chi connectivity index (χ2v) is 8.04. The molecule has 1 aliphatic heterocycles. The molecule has 1 aliphatic rings. The number of hydrazone groups is 1. The summed E-state index contributed by atoms with van der Waals surface area (Å²) >= 11 is 0. The molecule has 0 aromatic heterocycles. The molecule has 3 aromatic rings. The number of hydrogen-bond donors (Lipinski definition) is 0. The van der Waals surface area contributed by atoms with Crippen LogP contribution in [-0.4, -0.2) is 41.0 Å². The van der Waals surface area contributed by atoms with Gasteiger partial charge in [-0.15, -0.1) is 0 Å². The van der Waals surface area contributed by atoms with Crippen molar-refractivity contribution in [2.45, 2.75) is 19.4 Å². The molecule has 2 amide bonds. The number of rotatable bonds is 5. The third-order valence-electron chi connectivity index (χ3n) is 5.64. The molecule has 1 atom stereocenters. The maximum absolute atomic E-state index is 14.4. The van der Waals surface area contributed by atoms with Crippen LogP contribution in [-0.2, 0) is 4.79 Å². The van der Waals surface area contributed by atoms with Gasteiger partial charge in [0.05, 0.1) is 17.3 Å². The van der Waals surface area contributed by atoms with Crippen molar-refractivity contribution in [2.24, 2.45) is 5.10 Å². The number of likely N-dealkylation sites (N-methyl/N-ethyl adjacent to an activating group) is 1. The molecular weight excluding hydrogens is 424 g/mol. The van der Waals surface area contributed by atoms with Crippen molar-refractivity contribution in [2.75, 3.05) is 13.6 Å². The summed E-state index contributed by atoms with van der Waals surface area (Å²) in [5.41, 5.74) is 2.60. The molecule has 0 saturated heterocycles. The highest BCUT2D eigenvalue weighted by Gasteiger charge is 2.34. The smallest absolute Gasteiger partial charge is 0.262 e. The molecule has 0 radical (unpaired) electrons. The van der Waals surface area contributed by atoms with Gasteiger partial charge >= 0.3 is 0 Å². The van der Waals surface area contributed by atoms with Gasteiger partial charge in [-0.1, -0.05) is 60.2 Å². The van der Waals surface area contributed by atoms with E-state index in [0.29, 0.717) is 17.7 Å². The summed E-state index contributed by atoms with van der Waals surface area (Å²) < 4.78 is 28.5. The third kappa shape index (κ3) is 4.67. The zero-order chi connectivity index (χ0) is 23.5. The van der Waals surface area contributed by atoms with Gasteiger partial charge in [-0.3, -0.25) is 9.59 Å². The van der Waals surface area contributed by atoms with Crippen molar-refractivity contribution < 1.29 is 18.4 Å². The number of halogens is 2. The monoisotopic (exact) mass is 447 g/mol. The molecule has 0 aliphatic carbocycles. The maximum Gasteiger partial charge on any atom is 0.262 e. The van der Waals surface area contributed by atoms with Gasteiger partial charge in [-0.2, -0.15) is 5.10 Å². The van der Waals surface area contributed by atoms with Crippen LogP contribution in [0.25, 0.3) is 0 Å². The zero-order valence-corrected chi connectivity index (χ0v) is 18.3. The average Bonchev–Trinajstić information content (AvgIpc) is 3.25. The number of amides is 2. The highest BCUT2D eigenvalue weighted by atomic mass is 19.1. The van der Waals surface area contributed by atoms with E-state index in [1.165, 1.54) is 36.3 Å². The molecule has 33 heavy (non-hydrogen) atoms. The lowest BCUT2D eigenvalue weighted by Gasteiger charge is -2.25. The number of carbonyl (C=O) groups excluding carboxylic acids is 2. The molecule has 5 nitrogen and oxygen atoms in total. The van der Waals surface area contributed by atoms with E-state index < -0.39 is 29.5 Å². The van der Waals surface area contributed by atoms with Crippen molar-refractivity contribution in [1.29, 1.82) is 0 Å². The summed E-state index contributed by atoms with van der Waals surface area (Å²) in [5.74, 6) is -2.12. The first kappa shape index (κ1) is 22.3. The Morgan fingerprint density at radius 3 is 2.27 bits per heavy atom. The number of carbonyl (C=O) groups is 2. The van der Waals surface area contributed by atoms with E-state index in [2.05, 4.69) is 5.10 Å². The lowest BCUT2D eigenvalue weighted by molar-refractivity contribution is -0.133. The van der Waals surface area contributed by atoms with Crippen molar-refractivity contribution in [3.05, 3.63) is 107 Å². The minimum Gasteiger partial charge on any atom is -0.332 e. The molecular formula is C26H23F2N3O2. The van der Waals surface area contributed by atoms with Gasteiger partial charge in [-0.25, -0.2) is 13.8 Å². The minimum absolute atomic E-state index is 0.111. The van der Waals surface area contributed by atoms with Crippen LogP contribution in [0.3, 0.4) is 0 Å². The second kappa shape index (κ2) is 9.32. The van der Waals surface area contributed by atoms with Crippen molar-refractivity contribution in [3.63, 3.8) is 0 Å². The predicted molar refractivity (Wildman–Crippen MR) is 122 cm³/mol. The lowest BCUT2D eigenvalue weighted by Crippen LogP contribution is -2.39. The summed E-state index contributed by atoms with van der Waals surface area (Å²) in [7, 11) is 1.44. The van der Waals surface area contributed by atoms with E-state index in [1.807, 2.05) is 31.2 Å². The maximum atomic E-state index is 14.4. The molecule has 1 heterocycles. The van der Waals surface area contributed by atoms with Gasteiger partial charge in [0.1, 0.15) is 18.2 Å². The van der Waals surface area contributed by atoms with E-state index in [-0.39, 0.29) is 12.1 Å². The van der Waals surface area contributed by atoms with E-state index in [1.54, 1.807) is 24.3 Å². The zero-order valence-electron chi connectivity index (χ0n) is 18.3. The molecule has 7 heteroatoms. The molecule has 168 valence electrons. The highest BCUT2D eigenvalue weighted by Crippen LogP contribution is 2.33. The van der Waals surface area contributed by atoms with Crippen LogP contribution >= 0.6 is 0 Å². The van der Waals surface area contributed by atoms with Crippen LogP contribution in [0, 0.1) is 18.6 Å². The minimum atomic E-state index is -0.652. The molecule has 3 aromatic carbocycles. The lowest BCUT2D eigenvalue weighted by atomic mass is 9.97. The predicted octanol–water partition coefficient (Wildman–Crippen LogP) is 4.72. The Kier molecular flexibility index (Phi) is 6.31. The topological polar surface area (TPSA) is 53.0 Å².